The van der Waals surface area contributed by atoms with Crippen molar-refractivity contribution in [3.05, 3.63) is 43.8 Å². The number of para-hydroxylation sites is 1. The van der Waals surface area contributed by atoms with Crippen LogP contribution in [0.2, 0.25) is 0 Å². The van der Waals surface area contributed by atoms with E-state index in [0.717, 1.165) is 0 Å². The first-order chi connectivity index (χ1) is 6.25. The summed E-state index contributed by atoms with van der Waals surface area (Å²) in [4.78, 5) is 10.9. The molecule has 0 saturated heterocycles. The van der Waals surface area contributed by atoms with Crippen LogP contribution in [0.15, 0.2) is 24.3 Å². The number of nitrogens with two attached hydrogens (primary N) is 1. The van der Waals surface area contributed by atoms with Gasteiger partial charge in [-0.05, 0) is 12.1 Å². The number of ether oxygens (including phenoxy) is 1. The van der Waals surface area contributed by atoms with Crippen molar-refractivity contribution in [2.24, 2.45) is 0 Å². The van der Waals surface area contributed by atoms with Gasteiger partial charge in [-0.15, -0.1) is 0 Å². The van der Waals surface area contributed by atoms with Crippen molar-refractivity contribution in [3.8, 4) is 0 Å². The zero-order chi connectivity index (χ0) is 10.3. The molecule has 15 heavy (non-hydrogen) atoms. The van der Waals surface area contributed by atoms with E-state index < -0.39 is 5.97 Å². The molecule has 83 valence electrons. The standard InChI is InChI=1S/C8H9NO2.CN.CH3.Am/c1-11-8(10)6-4-2-3-5-7(6)9;1-2;;/h2-5H,9H2,1H3;;1H3;/q;2*-1;. The second-order valence-corrected chi connectivity index (χ2v) is 2.08. The number of hydrogen-bond acceptors (Lipinski definition) is 4. The summed E-state index contributed by atoms with van der Waals surface area (Å²) in [5.41, 5.74) is 6.35. The van der Waals surface area contributed by atoms with E-state index in [4.69, 9.17) is 17.6 Å². The summed E-state index contributed by atoms with van der Waals surface area (Å²) in [6.07, 6.45) is 0. The zero-order valence-electron chi connectivity index (χ0n) is 8.53. The zero-order valence-corrected chi connectivity index (χ0v) is 11.7. The molecule has 0 saturated carbocycles. The molecule has 5 heteroatoms. The van der Waals surface area contributed by atoms with E-state index in [-0.39, 0.29) is 21.7 Å². The van der Waals surface area contributed by atoms with E-state index in [9.17, 15) is 4.79 Å². The van der Waals surface area contributed by atoms with Crippen molar-refractivity contribution in [1.82, 2.24) is 0 Å². The Morgan fingerprint density at radius 3 is 2.27 bits per heavy atom. The van der Waals surface area contributed by atoms with Crippen molar-refractivity contribution in [2.75, 3.05) is 12.8 Å². The number of nitrogen functional groups attached to an aromatic ring is 1. The molecule has 0 spiro atoms. The molecular formula is C10H12AmN2O2-2. The van der Waals surface area contributed by atoms with Gasteiger partial charge in [0.05, 0.1) is 12.7 Å². The molecule has 1 aromatic carbocycles. The van der Waals surface area contributed by atoms with Crippen LogP contribution >= 0.6 is 0 Å². The summed E-state index contributed by atoms with van der Waals surface area (Å²) in [6.45, 7) is 4.75. The molecule has 2 N–H and O–H groups in total. The Hall–Kier alpha value is -1.63. The Labute approximate surface area is 97.9 Å². The molecule has 0 fully saturated rings. The quantitative estimate of drug-likeness (QED) is 0.413. The van der Waals surface area contributed by atoms with Crippen molar-refractivity contribution >= 4 is 11.7 Å². The van der Waals surface area contributed by atoms with Gasteiger partial charge in [-0.2, -0.15) is 0 Å². The summed E-state index contributed by atoms with van der Waals surface area (Å²) in [5, 5.41) is 6.25. The number of carbonyl (C=O) groups is 1. The smallest absolute Gasteiger partial charge is 0.339 e. The molecule has 0 aliphatic heterocycles. The molecule has 0 bridgehead atoms. The van der Waals surface area contributed by atoms with E-state index in [1.54, 1.807) is 24.3 Å². The molecule has 1 aromatic rings. The van der Waals surface area contributed by atoms with Crippen LogP contribution in [0.5, 0.6) is 0 Å². The Bertz CT molecular complexity index is 313. The molecule has 0 atom stereocenters. The van der Waals surface area contributed by atoms with Gasteiger partial charge < -0.3 is 29.7 Å². The van der Waals surface area contributed by atoms with Crippen molar-refractivity contribution in [1.29, 1.82) is 5.26 Å². The number of rotatable bonds is 1. The average Bonchev–Trinajstić information content (AvgIpc) is 2.20. The first-order valence-electron chi connectivity index (χ1n) is 3.41. The van der Waals surface area contributed by atoms with E-state index >= 15 is 0 Å². The Balaban J connectivity index is -0.000000339. The SMILES string of the molecule is COC(=O)c1ccccc1N.[Am].[C-]#N.[CH3-]. The fourth-order valence-electron chi connectivity index (χ4n) is 0.793. The number of anilines is 1. The van der Waals surface area contributed by atoms with Crippen LogP contribution in [0, 0.1) is 33.5 Å². The van der Waals surface area contributed by atoms with Gasteiger partial charge in [0.25, 0.3) is 0 Å². The van der Waals surface area contributed by atoms with Crippen LogP contribution in [0.3, 0.4) is 0 Å². The molecule has 0 aliphatic rings. The Kier molecular flexibility index (Phi) is 13.3. The third-order valence-corrected chi connectivity index (χ3v) is 1.37. The van der Waals surface area contributed by atoms with Crippen molar-refractivity contribution in [2.45, 2.75) is 0 Å². The van der Waals surface area contributed by atoms with Crippen molar-refractivity contribution < 1.29 is 23.8 Å². The van der Waals surface area contributed by atoms with E-state index in [1.165, 1.54) is 7.11 Å². The molecule has 0 heterocycles. The maximum atomic E-state index is 10.9. The van der Waals surface area contributed by atoms with Crippen LogP contribution in [-0.2, 0) is 4.74 Å². The van der Waals surface area contributed by atoms with E-state index in [2.05, 4.69) is 4.74 Å². The topological polar surface area (TPSA) is 76.1 Å². The molecule has 0 aliphatic carbocycles. The fourth-order valence-corrected chi connectivity index (χ4v) is 0.793. The van der Waals surface area contributed by atoms with Crippen LogP contribution in [0.4, 0.5) is 5.69 Å². The van der Waals surface area contributed by atoms with Crippen molar-refractivity contribution in [3.63, 3.8) is 0 Å². The molecular weight excluding hydrogens is 423 g/mol. The predicted octanol–water partition coefficient (Wildman–Crippen LogP) is 1.60. The molecule has 1 rings (SSSR count). The van der Waals surface area contributed by atoms with Gasteiger partial charge >= 0.3 is 5.97 Å². The summed E-state index contributed by atoms with van der Waals surface area (Å²) in [6, 6.07) is 6.79. The van der Waals surface area contributed by atoms with Gasteiger partial charge in [-0.3, -0.25) is 0 Å². The third-order valence-electron chi connectivity index (χ3n) is 1.37. The number of nitrogens with zero attached hydrogens (tertiary/aromatic N) is 1. The number of benzene rings is 1. The molecule has 1 radical (unpaired) electrons. The maximum Gasteiger partial charge on any atom is 0.339 e. The van der Waals surface area contributed by atoms with Gasteiger partial charge in [0.1, 0.15) is 0 Å². The van der Waals surface area contributed by atoms with Gasteiger partial charge in [-0.1, -0.05) is 12.1 Å². The number of esters is 1. The molecule has 0 aromatic heterocycles. The van der Waals surface area contributed by atoms with Gasteiger partial charge in [-0.25, -0.2) is 4.79 Å². The van der Waals surface area contributed by atoms with Crippen LogP contribution in [0.25, 0.3) is 0 Å². The monoisotopic (exact) mass is 433 g/mol. The van der Waals surface area contributed by atoms with Gasteiger partial charge in [0, 0.05) is 20.0 Å². The average molecular weight is 435 g/mol. The van der Waals surface area contributed by atoms with E-state index in [0.29, 0.717) is 11.3 Å². The first-order valence-corrected chi connectivity index (χ1v) is 3.41. The Morgan fingerprint density at radius 2 is 1.87 bits per heavy atom. The van der Waals surface area contributed by atoms with Crippen LogP contribution < -0.4 is 5.73 Å². The van der Waals surface area contributed by atoms with Crippen LogP contribution in [-0.4, -0.2) is 13.1 Å². The minimum Gasteiger partial charge on any atom is -0.512 e. The minimum absolute atomic E-state index is 0. The second kappa shape index (κ2) is 10.5. The molecule has 0 amide bonds. The summed E-state index contributed by atoms with van der Waals surface area (Å²) in [5.74, 6) is -0.400. The fraction of sp³-hybridized carbons (Fsp3) is 0.100. The summed E-state index contributed by atoms with van der Waals surface area (Å²) >= 11 is 0. The molecule has 0 unspecified atom stereocenters. The summed E-state index contributed by atoms with van der Waals surface area (Å²) < 4.78 is 4.50. The van der Waals surface area contributed by atoms with E-state index in [1.807, 2.05) is 0 Å². The number of methoxy groups -OCH3 is 1. The first kappa shape index (κ1) is 19.0. The summed E-state index contributed by atoms with van der Waals surface area (Å²) in [7, 11) is 1.33. The second-order valence-electron chi connectivity index (χ2n) is 2.08. The largest absolute Gasteiger partial charge is 0.512 e. The van der Waals surface area contributed by atoms with Gasteiger partial charge in [0.2, 0.25) is 0 Å². The Morgan fingerprint density at radius 1 is 1.40 bits per heavy atom. The predicted molar refractivity (Wildman–Crippen MR) is 53.6 cm³/mol. The number of carbonyl (C=O) groups excluding carboxylic acids is 1. The minimum atomic E-state index is -0.400. The maximum absolute atomic E-state index is 10.9. The number of hydrogen-bond donors (Lipinski definition) is 1. The van der Waals surface area contributed by atoms with Gasteiger partial charge in [0.15, 0.2) is 0 Å². The molecule has 4 nitrogen and oxygen atoms in total. The van der Waals surface area contributed by atoms with Crippen LogP contribution in [0.1, 0.15) is 10.4 Å². The third kappa shape index (κ3) is 5.63. The normalized spacial score (nSPS) is 6.87.